The van der Waals surface area contributed by atoms with Crippen molar-refractivity contribution in [2.75, 3.05) is 7.11 Å². The van der Waals surface area contributed by atoms with Gasteiger partial charge in [-0.2, -0.15) is 0 Å². The molecule has 12 heavy (non-hydrogen) atoms. The molecular weight excluding hydrogens is 284 g/mol. The van der Waals surface area contributed by atoms with E-state index in [2.05, 4.69) is 31.9 Å². The van der Waals surface area contributed by atoms with Crippen molar-refractivity contribution in [1.82, 2.24) is 0 Å². The average molecular weight is 292 g/mol. The first kappa shape index (κ1) is 9.81. The topological polar surface area (TPSA) is 9.23 Å². The lowest BCUT2D eigenvalue weighted by Crippen LogP contribution is -1.81. The van der Waals surface area contributed by atoms with Crippen LogP contribution >= 0.6 is 31.9 Å². The fourth-order valence-corrected chi connectivity index (χ4v) is 1.39. The summed E-state index contributed by atoms with van der Waals surface area (Å²) >= 11 is 6.59. The maximum Gasteiger partial charge on any atom is 0.119 e. The lowest BCUT2D eigenvalue weighted by molar-refractivity contribution is 0.414. The van der Waals surface area contributed by atoms with Crippen LogP contribution in [0.25, 0.3) is 6.08 Å². The molecule has 0 aliphatic carbocycles. The quantitative estimate of drug-likeness (QED) is 0.806. The van der Waals surface area contributed by atoms with Crippen molar-refractivity contribution >= 4 is 37.9 Å². The average Bonchev–Trinajstić information content (AvgIpc) is 2.03. The Morgan fingerprint density at radius 2 is 2.17 bits per heavy atom. The van der Waals surface area contributed by atoms with Gasteiger partial charge in [0.2, 0.25) is 0 Å². The van der Waals surface area contributed by atoms with E-state index in [4.69, 9.17) is 4.74 Å². The summed E-state index contributed by atoms with van der Waals surface area (Å²) in [5, 5.41) is 0. The highest BCUT2D eigenvalue weighted by Crippen LogP contribution is 2.20. The molecule has 0 saturated heterocycles. The first-order chi connectivity index (χ1) is 5.72. The maximum atomic E-state index is 5.08. The molecule has 0 atom stereocenters. The Balaban J connectivity index is 2.94. The highest BCUT2D eigenvalue weighted by Gasteiger charge is 1.92. The Bertz CT molecular complexity index is 290. The van der Waals surface area contributed by atoms with Crippen LogP contribution in [0.5, 0.6) is 5.75 Å². The number of ether oxygens (including phenoxy) is 1. The minimum Gasteiger partial charge on any atom is -0.497 e. The zero-order valence-electron chi connectivity index (χ0n) is 6.55. The van der Waals surface area contributed by atoms with E-state index >= 15 is 0 Å². The summed E-state index contributed by atoms with van der Waals surface area (Å²) in [6.45, 7) is 0. The molecule has 0 unspecified atom stereocenters. The Labute approximate surface area is 88.7 Å². The van der Waals surface area contributed by atoms with Crippen molar-refractivity contribution in [2.45, 2.75) is 0 Å². The Morgan fingerprint density at radius 1 is 1.42 bits per heavy atom. The van der Waals surface area contributed by atoms with Crippen LogP contribution in [0.3, 0.4) is 0 Å². The molecule has 0 bridgehead atoms. The summed E-state index contributed by atoms with van der Waals surface area (Å²) in [5.41, 5.74) is 1.10. The van der Waals surface area contributed by atoms with E-state index in [1.54, 1.807) is 7.11 Å². The SMILES string of the molecule is COc1cccc(C=C(Br)Br)c1. The zero-order valence-corrected chi connectivity index (χ0v) is 9.72. The fraction of sp³-hybridized carbons (Fsp3) is 0.111. The van der Waals surface area contributed by atoms with E-state index < -0.39 is 0 Å². The number of benzene rings is 1. The Kier molecular flexibility index (Phi) is 3.82. The third kappa shape index (κ3) is 2.99. The van der Waals surface area contributed by atoms with Gasteiger partial charge in [-0.3, -0.25) is 0 Å². The highest BCUT2D eigenvalue weighted by molar-refractivity contribution is 9.28. The molecule has 0 radical (unpaired) electrons. The van der Waals surface area contributed by atoms with Crippen LogP contribution in [0.2, 0.25) is 0 Å². The van der Waals surface area contributed by atoms with Crippen molar-refractivity contribution < 1.29 is 4.74 Å². The van der Waals surface area contributed by atoms with Gasteiger partial charge in [-0.15, -0.1) is 0 Å². The second-order valence-electron chi connectivity index (χ2n) is 2.21. The highest BCUT2D eigenvalue weighted by atomic mass is 79.9. The van der Waals surface area contributed by atoms with E-state index in [9.17, 15) is 0 Å². The molecule has 1 rings (SSSR count). The predicted octanol–water partition coefficient (Wildman–Crippen LogP) is 3.78. The van der Waals surface area contributed by atoms with E-state index in [0.717, 1.165) is 14.7 Å². The maximum absolute atomic E-state index is 5.08. The molecule has 0 spiro atoms. The number of hydrogen-bond acceptors (Lipinski definition) is 1. The van der Waals surface area contributed by atoms with Gasteiger partial charge in [0.05, 0.1) is 10.5 Å². The molecule has 0 fully saturated rings. The normalized spacial score (nSPS) is 9.25. The van der Waals surface area contributed by atoms with Gasteiger partial charge in [-0.05, 0) is 55.6 Å². The first-order valence-electron chi connectivity index (χ1n) is 3.39. The van der Waals surface area contributed by atoms with Crippen LogP contribution in [-0.4, -0.2) is 7.11 Å². The third-order valence-corrected chi connectivity index (χ3v) is 1.83. The van der Waals surface area contributed by atoms with Crippen LogP contribution in [0.15, 0.2) is 27.7 Å². The van der Waals surface area contributed by atoms with Gasteiger partial charge in [-0.1, -0.05) is 12.1 Å². The summed E-state index contributed by atoms with van der Waals surface area (Å²) in [6, 6.07) is 7.83. The standard InChI is InChI=1S/C9H8Br2O/c1-12-8-4-2-3-7(5-8)6-9(10)11/h2-6H,1H3. The van der Waals surface area contributed by atoms with E-state index in [1.807, 2.05) is 30.3 Å². The molecule has 64 valence electrons. The van der Waals surface area contributed by atoms with Crippen molar-refractivity contribution in [1.29, 1.82) is 0 Å². The van der Waals surface area contributed by atoms with Gasteiger partial charge in [0.15, 0.2) is 0 Å². The summed E-state index contributed by atoms with van der Waals surface area (Å²) < 4.78 is 6.00. The van der Waals surface area contributed by atoms with Gasteiger partial charge < -0.3 is 4.74 Å². The molecule has 0 heterocycles. The van der Waals surface area contributed by atoms with Crippen molar-refractivity contribution in [2.24, 2.45) is 0 Å². The van der Waals surface area contributed by atoms with Crippen LogP contribution in [0.1, 0.15) is 5.56 Å². The van der Waals surface area contributed by atoms with Gasteiger partial charge in [0, 0.05) is 0 Å². The number of hydrogen-bond donors (Lipinski definition) is 0. The van der Waals surface area contributed by atoms with E-state index in [0.29, 0.717) is 0 Å². The van der Waals surface area contributed by atoms with Gasteiger partial charge in [0.1, 0.15) is 5.75 Å². The second kappa shape index (κ2) is 4.67. The molecule has 0 aromatic heterocycles. The molecule has 0 aliphatic heterocycles. The lowest BCUT2D eigenvalue weighted by atomic mass is 10.2. The molecule has 1 nitrogen and oxygen atoms in total. The summed E-state index contributed by atoms with van der Waals surface area (Å²) in [6.07, 6.45) is 1.96. The third-order valence-electron chi connectivity index (χ3n) is 1.37. The summed E-state index contributed by atoms with van der Waals surface area (Å²) in [7, 11) is 1.66. The van der Waals surface area contributed by atoms with E-state index in [-0.39, 0.29) is 0 Å². The lowest BCUT2D eigenvalue weighted by Gasteiger charge is -1.99. The number of halogens is 2. The Hall–Kier alpha value is -0.280. The summed E-state index contributed by atoms with van der Waals surface area (Å²) in [4.78, 5) is 0. The van der Waals surface area contributed by atoms with E-state index in [1.165, 1.54) is 0 Å². The number of methoxy groups -OCH3 is 1. The van der Waals surface area contributed by atoms with Gasteiger partial charge in [-0.25, -0.2) is 0 Å². The van der Waals surface area contributed by atoms with Gasteiger partial charge in [0.25, 0.3) is 0 Å². The van der Waals surface area contributed by atoms with Crippen molar-refractivity contribution in [3.63, 3.8) is 0 Å². The smallest absolute Gasteiger partial charge is 0.119 e. The van der Waals surface area contributed by atoms with Crippen LogP contribution in [0.4, 0.5) is 0 Å². The van der Waals surface area contributed by atoms with Crippen LogP contribution in [0, 0.1) is 0 Å². The minimum absolute atomic E-state index is 0.866. The minimum atomic E-state index is 0.866. The molecule has 0 aliphatic rings. The zero-order chi connectivity index (χ0) is 8.97. The monoisotopic (exact) mass is 290 g/mol. The Morgan fingerprint density at radius 3 is 2.75 bits per heavy atom. The van der Waals surface area contributed by atoms with Crippen LogP contribution in [-0.2, 0) is 0 Å². The summed E-state index contributed by atoms with van der Waals surface area (Å²) in [5.74, 6) is 0.866. The number of rotatable bonds is 2. The molecule has 3 heteroatoms. The first-order valence-corrected chi connectivity index (χ1v) is 4.98. The molecule has 1 aromatic carbocycles. The second-order valence-corrected chi connectivity index (χ2v) is 4.98. The van der Waals surface area contributed by atoms with Crippen LogP contribution < -0.4 is 4.74 Å². The molecule has 0 N–H and O–H groups in total. The molecule has 0 amide bonds. The largest absolute Gasteiger partial charge is 0.497 e. The molecular formula is C9H8Br2O. The molecule has 0 saturated carbocycles. The predicted molar refractivity (Wildman–Crippen MR) is 58.8 cm³/mol. The van der Waals surface area contributed by atoms with Crippen molar-refractivity contribution in [3.05, 3.63) is 33.2 Å². The fourth-order valence-electron chi connectivity index (χ4n) is 0.857. The van der Waals surface area contributed by atoms with Crippen molar-refractivity contribution in [3.8, 4) is 5.75 Å². The van der Waals surface area contributed by atoms with Gasteiger partial charge >= 0.3 is 0 Å². The molecule has 1 aromatic rings.